The summed E-state index contributed by atoms with van der Waals surface area (Å²) in [5, 5.41) is 21.4. The van der Waals surface area contributed by atoms with Gasteiger partial charge in [-0.2, -0.15) is 4.57 Å². The van der Waals surface area contributed by atoms with Crippen LogP contribution in [0.15, 0.2) is 40.3 Å². The molecule has 2 aliphatic rings. The molecule has 37 heavy (non-hydrogen) atoms. The van der Waals surface area contributed by atoms with Crippen molar-refractivity contribution in [3.05, 3.63) is 40.8 Å². The fourth-order valence-corrected chi connectivity index (χ4v) is 6.72. The number of carboxylic acid groups (broad SMARTS) is 1. The molecule has 192 valence electrons. The van der Waals surface area contributed by atoms with Crippen LogP contribution in [0.1, 0.15) is 5.69 Å². The Labute approximate surface area is 222 Å². The second-order valence-electron chi connectivity index (χ2n) is 7.95. The molecule has 0 radical (unpaired) electrons. The highest BCUT2D eigenvalue weighted by atomic mass is 32.2. The van der Waals surface area contributed by atoms with E-state index >= 15 is 0 Å². The molecular formula is C21H21N8O5S3+. The molecular weight excluding hydrogens is 540 g/mol. The molecule has 0 spiro atoms. The van der Waals surface area contributed by atoms with Crippen molar-refractivity contribution < 1.29 is 28.9 Å². The smallest absolute Gasteiger partial charge is 0.352 e. The van der Waals surface area contributed by atoms with E-state index < -0.39 is 29.2 Å². The largest absolute Gasteiger partial charge is 0.477 e. The number of carboxylic acids is 1. The minimum absolute atomic E-state index is 0.0703. The third kappa shape index (κ3) is 4.58. The van der Waals surface area contributed by atoms with Crippen LogP contribution >= 0.6 is 34.4 Å². The Morgan fingerprint density at radius 3 is 2.89 bits per heavy atom. The number of fused-ring (bicyclic) bond motifs is 2. The fraction of sp³-hybridized carbons (Fsp3) is 0.286. The van der Waals surface area contributed by atoms with Crippen molar-refractivity contribution in [3.63, 3.8) is 0 Å². The summed E-state index contributed by atoms with van der Waals surface area (Å²) in [6.07, 6.45) is 3.70. The molecule has 1 fully saturated rings. The number of thioether (sulfide) groups is 1. The lowest BCUT2D eigenvalue weighted by molar-refractivity contribution is -0.687. The molecule has 2 amide bonds. The maximum Gasteiger partial charge on any atom is 0.352 e. The number of rotatable bonds is 8. The van der Waals surface area contributed by atoms with Crippen LogP contribution in [0.3, 0.4) is 0 Å². The number of β-lactam (4-membered cyclic amide) rings is 1. The molecule has 5 heterocycles. The Hall–Kier alpha value is -3.76. The number of nitrogens with two attached hydrogens (primary N) is 1. The predicted molar refractivity (Wildman–Crippen MR) is 139 cm³/mol. The van der Waals surface area contributed by atoms with Crippen molar-refractivity contribution in [2.75, 3.05) is 31.0 Å². The number of anilines is 2. The number of nitrogen functional groups attached to an aromatic ring is 1. The number of amides is 2. The summed E-state index contributed by atoms with van der Waals surface area (Å²) in [5.74, 6) is -2.03. The highest BCUT2D eigenvalue weighted by molar-refractivity contribution is 8.00. The first kappa shape index (κ1) is 24.9. The second kappa shape index (κ2) is 9.95. The average Bonchev–Trinajstić information content (AvgIpc) is 3.50. The first-order valence-electron chi connectivity index (χ1n) is 10.8. The lowest BCUT2D eigenvalue weighted by Gasteiger charge is -2.49. The summed E-state index contributed by atoms with van der Waals surface area (Å²) in [4.78, 5) is 52.7. The molecule has 2 atom stereocenters. The van der Waals surface area contributed by atoms with Gasteiger partial charge in [-0.3, -0.25) is 14.5 Å². The summed E-state index contributed by atoms with van der Waals surface area (Å²) in [6.45, 7) is 0.278. The number of oxime groups is 1. The monoisotopic (exact) mass is 561 g/mol. The molecule has 0 bridgehead atoms. The lowest BCUT2D eigenvalue weighted by Crippen LogP contribution is -2.71. The van der Waals surface area contributed by atoms with Crippen LogP contribution in [0.4, 0.5) is 10.3 Å². The van der Waals surface area contributed by atoms with E-state index in [0.717, 1.165) is 26.7 Å². The van der Waals surface area contributed by atoms with E-state index in [9.17, 15) is 19.5 Å². The highest BCUT2D eigenvalue weighted by Crippen LogP contribution is 2.40. The van der Waals surface area contributed by atoms with Crippen LogP contribution in [-0.2, 0) is 25.8 Å². The number of thiazole rings is 2. The molecule has 2 aliphatic heterocycles. The molecule has 0 saturated carbocycles. The third-order valence-corrected chi connectivity index (χ3v) is 8.74. The summed E-state index contributed by atoms with van der Waals surface area (Å²) in [7, 11) is 3.08. The summed E-state index contributed by atoms with van der Waals surface area (Å²) in [5.41, 5.74) is 7.04. The van der Waals surface area contributed by atoms with Gasteiger partial charge in [-0.05, 0) is 0 Å². The topological polar surface area (TPSA) is 176 Å². The Kier molecular flexibility index (Phi) is 6.70. The van der Waals surface area contributed by atoms with Gasteiger partial charge in [-0.15, -0.1) is 23.1 Å². The molecule has 1 unspecified atom stereocenters. The van der Waals surface area contributed by atoms with Crippen molar-refractivity contribution in [2.24, 2.45) is 5.16 Å². The first-order chi connectivity index (χ1) is 17.8. The first-order valence-corrected chi connectivity index (χ1v) is 13.6. The van der Waals surface area contributed by atoms with E-state index in [1.165, 1.54) is 35.1 Å². The number of carbonyl (C=O) groups is 3. The van der Waals surface area contributed by atoms with Gasteiger partial charge < -0.3 is 26.3 Å². The standard InChI is InChI=1S/C21H20N8O5S3/c1-23-21-25-10-6-28(4-3-12(10)37-21)5-9-7-35-18-14(17(31)29(18)15(9)19(32)33)26-16(30)13(27-34-2)11-8-36-20(22)24-11/h3-4,6,8,14,18H,5,7H2,1-2H3,(H4-,22,23,24,25,26,30,32,33)/p+1/b27-13+/t14?,18-/m1/s1. The number of hydrogen-bond acceptors (Lipinski definition) is 12. The molecule has 5 N–H and O–H groups in total. The van der Waals surface area contributed by atoms with Crippen molar-refractivity contribution in [1.29, 1.82) is 0 Å². The van der Waals surface area contributed by atoms with Crippen LogP contribution in [0.25, 0.3) is 10.2 Å². The van der Waals surface area contributed by atoms with E-state index in [-0.39, 0.29) is 28.8 Å². The van der Waals surface area contributed by atoms with Crippen LogP contribution in [0.5, 0.6) is 0 Å². The normalized spacial score (nSPS) is 19.5. The van der Waals surface area contributed by atoms with Gasteiger partial charge in [0.05, 0.1) is 4.70 Å². The Morgan fingerprint density at radius 2 is 2.22 bits per heavy atom. The van der Waals surface area contributed by atoms with E-state index in [1.54, 1.807) is 12.4 Å². The van der Waals surface area contributed by atoms with Crippen molar-refractivity contribution in [2.45, 2.75) is 18.0 Å². The Balaban J connectivity index is 1.35. The van der Waals surface area contributed by atoms with Crippen LogP contribution < -0.4 is 20.9 Å². The van der Waals surface area contributed by atoms with Crippen LogP contribution in [-0.4, -0.2) is 74.8 Å². The summed E-state index contributed by atoms with van der Waals surface area (Å²) in [6, 6.07) is 0.994. The Morgan fingerprint density at radius 1 is 1.41 bits per heavy atom. The Bertz CT molecular complexity index is 1480. The fourth-order valence-electron chi connectivity index (χ4n) is 4.05. The van der Waals surface area contributed by atoms with Crippen LogP contribution in [0.2, 0.25) is 0 Å². The molecule has 16 heteroatoms. The minimum atomic E-state index is -1.20. The highest BCUT2D eigenvalue weighted by Gasteiger charge is 2.54. The van der Waals surface area contributed by atoms with E-state index in [4.69, 9.17) is 10.6 Å². The van der Waals surface area contributed by atoms with Crippen molar-refractivity contribution in [3.8, 4) is 0 Å². The van der Waals surface area contributed by atoms with Gasteiger partial charge in [0.15, 0.2) is 34.9 Å². The zero-order chi connectivity index (χ0) is 26.3. The van der Waals surface area contributed by atoms with Gasteiger partial charge in [0.2, 0.25) is 0 Å². The number of aliphatic carboxylic acids is 1. The van der Waals surface area contributed by atoms with Crippen molar-refractivity contribution >= 4 is 78.4 Å². The maximum atomic E-state index is 13.0. The summed E-state index contributed by atoms with van der Waals surface area (Å²) < 4.78 is 2.84. The van der Waals surface area contributed by atoms with Gasteiger partial charge in [0.25, 0.3) is 11.8 Å². The van der Waals surface area contributed by atoms with Crippen LogP contribution in [0, 0.1) is 0 Å². The lowest BCUT2D eigenvalue weighted by atomic mass is 10.0. The molecule has 1 saturated heterocycles. The van der Waals surface area contributed by atoms with Crippen molar-refractivity contribution in [1.82, 2.24) is 20.2 Å². The van der Waals surface area contributed by atoms with E-state index in [1.807, 2.05) is 23.0 Å². The summed E-state index contributed by atoms with van der Waals surface area (Å²) >= 11 is 4.03. The molecule has 3 aromatic heterocycles. The number of hydrogen-bond donors (Lipinski definition) is 4. The molecule has 0 aromatic carbocycles. The second-order valence-corrected chi connectivity index (χ2v) is 11.0. The predicted octanol–water partition coefficient (Wildman–Crippen LogP) is 0.454. The molecule has 0 aliphatic carbocycles. The van der Waals surface area contributed by atoms with E-state index in [0.29, 0.717) is 11.3 Å². The van der Waals surface area contributed by atoms with Gasteiger partial charge in [0.1, 0.15) is 35.4 Å². The zero-order valence-corrected chi connectivity index (χ0v) is 21.9. The number of nitrogens with zero attached hydrogens (tertiary/aromatic N) is 5. The molecule has 3 aromatic rings. The number of carbonyl (C=O) groups excluding carboxylic acids is 2. The number of nitrogens with one attached hydrogen (secondary N) is 2. The average molecular weight is 562 g/mol. The molecule has 13 nitrogen and oxygen atoms in total. The SMILES string of the molecule is CNc1nc2c[n+](CC3=C(C(=O)O)N4C(=O)C(NC(=O)/C(=N/OC)c5csc(N)n5)[C@H]4SC3)ccc2s1. The van der Waals surface area contributed by atoms with Gasteiger partial charge in [-0.1, -0.05) is 16.5 Å². The number of pyridine rings is 1. The third-order valence-electron chi connectivity index (χ3n) is 5.67. The van der Waals surface area contributed by atoms with Gasteiger partial charge in [0, 0.05) is 29.8 Å². The maximum absolute atomic E-state index is 13.0. The van der Waals surface area contributed by atoms with Gasteiger partial charge >= 0.3 is 5.97 Å². The van der Waals surface area contributed by atoms with E-state index in [2.05, 4.69) is 25.8 Å². The molecule has 5 rings (SSSR count). The zero-order valence-electron chi connectivity index (χ0n) is 19.5. The number of aromatic nitrogens is 3. The minimum Gasteiger partial charge on any atom is -0.477 e. The van der Waals surface area contributed by atoms with Gasteiger partial charge in [-0.25, -0.2) is 14.8 Å². The quantitative estimate of drug-likeness (QED) is 0.131.